The molecule has 1 fully saturated rings. The van der Waals surface area contributed by atoms with Gasteiger partial charge in [0.05, 0.1) is 11.7 Å². The Hall–Kier alpha value is -2.87. The minimum Gasteiger partial charge on any atom is -0.316 e. The van der Waals surface area contributed by atoms with E-state index in [1.54, 1.807) is 17.1 Å². The Morgan fingerprint density at radius 2 is 2.08 bits per heavy atom. The molecule has 0 unspecified atom stereocenters. The van der Waals surface area contributed by atoms with Gasteiger partial charge < -0.3 is 5.32 Å². The summed E-state index contributed by atoms with van der Waals surface area (Å²) < 4.78 is 16.5. The maximum absolute atomic E-state index is 14.7. The van der Waals surface area contributed by atoms with Gasteiger partial charge in [0.25, 0.3) is 5.91 Å². The smallest absolute Gasteiger partial charge is 0.264 e. The van der Waals surface area contributed by atoms with E-state index in [9.17, 15) is 9.18 Å². The molecular weight excluding hydrogens is 335 g/mol. The molecule has 0 spiro atoms. The lowest BCUT2D eigenvalue weighted by Crippen LogP contribution is -2.47. The summed E-state index contributed by atoms with van der Waals surface area (Å²) in [6, 6.07) is 5.78. The zero-order valence-corrected chi connectivity index (χ0v) is 14.4. The summed E-state index contributed by atoms with van der Waals surface area (Å²) in [5.41, 5.74) is 0.731. The van der Waals surface area contributed by atoms with Crippen molar-refractivity contribution in [3.05, 3.63) is 36.8 Å². The summed E-state index contributed by atoms with van der Waals surface area (Å²) in [6.45, 7) is 0.966. The number of piperidine rings is 1. The first-order chi connectivity index (χ1) is 12.5. The number of anilines is 1. The van der Waals surface area contributed by atoms with Crippen LogP contribution in [-0.2, 0) is 11.8 Å². The van der Waals surface area contributed by atoms with Crippen LogP contribution in [-0.4, -0.2) is 44.4 Å². The number of benzene rings is 1. The van der Waals surface area contributed by atoms with E-state index in [0.29, 0.717) is 18.6 Å². The minimum absolute atomic E-state index is 0.112. The first kappa shape index (κ1) is 16.6. The maximum atomic E-state index is 14.7. The van der Waals surface area contributed by atoms with Crippen molar-refractivity contribution in [3.63, 3.8) is 0 Å². The molecule has 3 aromatic rings. The molecule has 2 N–H and O–H groups in total. The molecule has 0 saturated carbocycles. The van der Waals surface area contributed by atoms with E-state index in [1.165, 1.54) is 0 Å². The second kappa shape index (κ2) is 6.45. The number of amides is 1. The number of hydrogen-bond acceptors (Lipinski definition) is 5. The molecule has 0 aliphatic carbocycles. The Labute approximate surface area is 149 Å². The van der Waals surface area contributed by atoms with E-state index in [4.69, 9.17) is 0 Å². The number of nitrogens with zero attached hydrogens (tertiary/aromatic N) is 4. The molecule has 0 bridgehead atoms. The summed E-state index contributed by atoms with van der Waals surface area (Å²) in [5.74, 6) is -0.567. The number of nitrogens with one attached hydrogen (secondary N) is 2. The van der Waals surface area contributed by atoms with Crippen molar-refractivity contribution in [3.8, 4) is 11.1 Å². The first-order valence-corrected chi connectivity index (χ1v) is 8.50. The molecule has 0 radical (unpaired) electrons. The lowest BCUT2D eigenvalue weighted by Gasteiger charge is -2.28. The van der Waals surface area contributed by atoms with Gasteiger partial charge in [-0.3, -0.25) is 14.8 Å². The Morgan fingerprint density at radius 1 is 1.27 bits per heavy atom. The second-order valence-electron chi connectivity index (χ2n) is 6.54. The van der Waals surface area contributed by atoms with E-state index >= 15 is 0 Å². The molecule has 8 heteroatoms. The van der Waals surface area contributed by atoms with E-state index in [1.807, 2.05) is 31.4 Å². The molecule has 1 saturated heterocycles. The van der Waals surface area contributed by atoms with E-state index in [-0.39, 0.29) is 18.8 Å². The lowest BCUT2D eigenvalue weighted by atomic mass is 9.93. The average molecular weight is 354 g/mol. The number of aromatic nitrogens is 4. The molecule has 1 aromatic carbocycles. The lowest BCUT2D eigenvalue weighted by molar-refractivity contribution is -0.129. The maximum Gasteiger partial charge on any atom is 0.264 e. The van der Waals surface area contributed by atoms with Crippen LogP contribution in [0.2, 0.25) is 0 Å². The number of carbonyl (C=O) groups is 1. The van der Waals surface area contributed by atoms with E-state index in [0.717, 1.165) is 16.5 Å². The second-order valence-corrected chi connectivity index (χ2v) is 6.54. The van der Waals surface area contributed by atoms with Crippen molar-refractivity contribution >= 4 is 22.8 Å². The van der Waals surface area contributed by atoms with Crippen LogP contribution >= 0.6 is 0 Å². The Balaban J connectivity index is 1.61. The molecule has 2 aromatic heterocycles. The van der Waals surface area contributed by atoms with Crippen molar-refractivity contribution in [1.82, 2.24) is 25.1 Å². The molecule has 26 heavy (non-hydrogen) atoms. The summed E-state index contributed by atoms with van der Waals surface area (Å²) >= 11 is 0. The quantitative estimate of drug-likeness (QED) is 0.752. The predicted octanol–water partition coefficient (Wildman–Crippen LogP) is 2.06. The van der Waals surface area contributed by atoms with Gasteiger partial charge in [0.1, 0.15) is 0 Å². The monoisotopic (exact) mass is 354 g/mol. The minimum atomic E-state index is -1.87. The van der Waals surface area contributed by atoms with Crippen molar-refractivity contribution in [2.75, 3.05) is 18.4 Å². The fourth-order valence-corrected chi connectivity index (χ4v) is 3.10. The molecular formula is C18H19FN6O. The number of halogens is 1. The van der Waals surface area contributed by atoms with Crippen molar-refractivity contribution in [2.24, 2.45) is 7.05 Å². The molecule has 7 nitrogen and oxygen atoms in total. The number of aryl methyl sites for hydroxylation is 1. The van der Waals surface area contributed by atoms with Crippen LogP contribution in [0.25, 0.3) is 22.0 Å². The van der Waals surface area contributed by atoms with Crippen LogP contribution in [0.5, 0.6) is 0 Å². The number of rotatable bonds is 3. The number of carbonyl (C=O) groups excluding carboxylic acids is 1. The highest BCUT2D eigenvalue weighted by molar-refractivity contribution is 5.96. The third-order valence-corrected chi connectivity index (χ3v) is 4.65. The van der Waals surface area contributed by atoms with Gasteiger partial charge >= 0.3 is 0 Å². The van der Waals surface area contributed by atoms with E-state index < -0.39 is 11.6 Å². The number of hydrogen-bond donors (Lipinski definition) is 2. The standard InChI is InChI=1S/C18H19FN6O/c1-25-11-14(10-22-25)12-2-3-13-9-21-17(23-15(13)8-12)24-16(26)18(19)4-6-20-7-5-18/h2-3,8-11,20H,4-7H2,1H3,(H,21,23,24,26). The van der Waals surface area contributed by atoms with Crippen LogP contribution < -0.4 is 10.6 Å². The van der Waals surface area contributed by atoms with Gasteiger partial charge in [-0.1, -0.05) is 12.1 Å². The summed E-state index contributed by atoms with van der Waals surface area (Å²) in [7, 11) is 1.86. The molecule has 3 heterocycles. The van der Waals surface area contributed by atoms with Gasteiger partial charge in [0, 0.05) is 43.2 Å². The van der Waals surface area contributed by atoms with Crippen molar-refractivity contribution < 1.29 is 9.18 Å². The van der Waals surface area contributed by atoms with Crippen LogP contribution in [0.1, 0.15) is 12.8 Å². The molecule has 134 valence electrons. The van der Waals surface area contributed by atoms with Crippen molar-refractivity contribution in [1.29, 1.82) is 0 Å². The van der Waals surface area contributed by atoms with Gasteiger partial charge in [0.2, 0.25) is 5.95 Å². The molecule has 0 atom stereocenters. The van der Waals surface area contributed by atoms with Crippen LogP contribution in [0, 0.1) is 0 Å². The van der Waals surface area contributed by atoms with Gasteiger partial charge in [-0.25, -0.2) is 14.4 Å². The molecule has 1 aliphatic rings. The third kappa shape index (κ3) is 3.15. The fourth-order valence-electron chi connectivity index (χ4n) is 3.10. The van der Waals surface area contributed by atoms with Gasteiger partial charge in [-0.15, -0.1) is 0 Å². The SMILES string of the molecule is Cn1cc(-c2ccc3cnc(NC(=O)C4(F)CCNCC4)nc3c2)cn1. The average Bonchev–Trinajstić information content (AvgIpc) is 3.08. The normalized spacial score (nSPS) is 16.5. The van der Waals surface area contributed by atoms with Crippen LogP contribution in [0.15, 0.2) is 36.8 Å². The zero-order chi connectivity index (χ0) is 18.1. The number of fused-ring (bicyclic) bond motifs is 1. The first-order valence-electron chi connectivity index (χ1n) is 8.50. The Morgan fingerprint density at radius 3 is 2.81 bits per heavy atom. The predicted molar refractivity (Wildman–Crippen MR) is 96.3 cm³/mol. The van der Waals surface area contributed by atoms with Gasteiger partial charge in [-0.2, -0.15) is 5.10 Å². The molecule has 1 amide bonds. The summed E-state index contributed by atoms with van der Waals surface area (Å²) in [4.78, 5) is 20.8. The highest BCUT2D eigenvalue weighted by atomic mass is 19.1. The Bertz CT molecular complexity index is 963. The molecule has 1 aliphatic heterocycles. The zero-order valence-electron chi connectivity index (χ0n) is 14.4. The fraction of sp³-hybridized carbons (Fsp3) is 0.333. The number of alkyl halides is 1. The summed E-state index contributed by atoms with van der Waals surface area (Å²) in [6.07, 6.45) is 5.61. The Kier molecular flexibility index (Phi) is 4.12. The third-order valence-electron chi connectivity index (χ3n) is 4.65. The topological polar surface area (TPSA) is 84.7 Å². The van der Waals surface area contributed by atoms with Crippen molar-refractivity contribution in [2.45, 2.75) is 18.5 Å². The summed E-state index contributed by atoms with van der Waals surface area (Å²) in [5, 5.41) is 10.6. The highest BCUT2D eigenvalue weighted by Crippen LogP contribution is 2.26. The molecule has 4 rings (SSSR count). The van der Waals surface area contributed by atoms with E-state index in [2.05, 4.69) is 25.7 Å². The highest BCUT2D eigenvalue weighted by Gasteiger charge is 2.40. The van der Waals surface area contributed by atoms with Crippen LogP contribution in [0.4, 0.5) is 10.3 Å². The van der Waals surface area contributed by atoms with Crippen LogP contribution in [0.3, 0.4) is 0 Å². The van der Waals surface area contributed by atoms with Gasteiger partial charge in [-0.05, 0) is 24.7 Å². The van der Waals surface area contributed by atoms with Gasteiger partial charge in [0.15, 0.2) is 5.67 Å². The largest absolute Gasteiger partial charge is 0.316 e.